The second kappa shape index (κ2) is 8.00. The van der Waals surface area contributed by atoms with Crippen molar-refractivity contribution in [3.05, 3.63) is 53.6 Å². The van der Waals surface area contributed by atoms with Crippen LogP contribution in [0.2, 0.25) is 0 Å². The fourth-order valence-corrected chi connectivity index (χ4v) is 4.76. The van der Waals surface area contributed by atoms with Crippen LogP contribution in [0.5, 0.6) is 0 Å². The van der Waals surface area contributed by atoms with Crippen LogP contribution in [0.3, 0.4) is 0 Å². The van der Waals surface area contributed by atoms with Gasteiger partial charge in [0.05, 0.1) is 5.39 Å². The molecule has 0 saturated carbocycles. The zero-order valence-electron chi connectivity index (χ0n) is 18.4. The molecule has 162 valence electrons. The highest BCUT2D eigenvalue weighted by molar-refractivity contribution is 5.93. The number of para-hydroxylation sites is 1. The van der Waals surface area contributed by atoms with Crippen molar-refractivity contribution in [1.29, 1.82) is 0 Å². The minimum Gasteiger partial charge on any atom is -0.354 e. The van der Waals surface area contributed by atoms with Gasteiger partial charge in [-0.3, -0.25) is 9.69 Å². The number of benzene rings is 2. The van der Waals surface area contributed by atoms with Gasteiger partial charge in [-0.15, -0.1) is 0 Å². The smallest absolute Gasteiger partial charge is 0.224 e. The minimum absolute atomic E-state index is 0.0104. The first-order valence-corrected chi connectivity index (χ1v) is 11.2. The van der Waals surface area contributed by atoms with Crippen molar-refractivity contribution in [2.45, 2.75) is 38.5 Å². The number of fused-ring (bicyclic) bond motifs is 2. The summed E-state index contributed by atoms with van der Waals surface area (Å²) in [5, 5.41) is 8.47. The maximum atomic E-state index is 12.0. The van der Waals surface area contributed by atoms with Crippen molar-refractivity contribution in [3.8, 4) is 0 Å². The lowest BCUT2D eigenvalue weighted by molar-refractivity contribution is -0.116. The van der Waals surface area contributed by atoms with E-state index < -0.39 is 0 Å². The van der Waals surface area contributed by atoms with E-state index in [-0.39, 0.29) is 11.3 Å². The Kier molecular flexibility index (Phi) is 5.18. The molecule has 3 heterocycles. The Morgan fingerprint density at radius 3 is 2.74 bits per heavy atom. The number of carbonyl (C=O) groups is 1. The Hall–Kier alpha value is -2.86. The van der Waals surface area contributed by atoms with Gasteiger partial charge in [-0.1, -0.05) is 43.3 Å². The summed E-state index contributed by atoms with van der Waals surface area (Å²) in [7, 11) is 0. The van der Waals surface area contributed by atoms with E-state index in [0.29, 0.717) is 6.42 Å². The summed E-state index contributed by atoms with van der Waals surface area (Å²) in [6.07, 6.45) is 2.49. The summed E-state index contributed by atoms with van der Waals surface area (Å²) in [6.45, 7) is 9.48. The molecule has 2 aliphatic rings. The zero-order valence-corrected chi connectivity index (χ0v) is 18.4. The summed E-state index contributed by atoms with van der Waals surface area (Å²) in [5.74, 6) is 1.09. The van der Waals surface area contributed by atoms with Crippen LogP contribution in [0.1, 0.15) is 37.8 Å². The molecule has 0 spiro atoms. The van der Waals surface area contributed by atoms with Crippen molar-refractivity contribution < 1.29 is 9.32 Å². The van der Waals surface area contributed by atoms with Gasteiger partial charge in [-0.25, -0.2) is 0 Å². The third-order valence-corrected chi connectivity index (χ3v) is 6.81. The van der Waals surface area contributed by atoms with Crippen molar-refractivity contribution in [2.24, 2.45) is 0 Å². The van der Waals surface area contributed by atoms with E-state index in [0.717, 1.165) is 68.0 Å². The van der Waals surface area contributed by atoms with E-state index >= 15 is 0 Å². The molecule has 31 heavy (non-hydrogen) atoms. The highest BCUT2D eigenvalue weighted by Crippen LogP contribution is 2.37. The molecule has 5 rings (SSSR count). The lowest BCUT2D eigenvalue weighted by Crippen LogP contribution is -2.47. The van der Waals surface area contributed by atoms with Crippen LogP contribution in [0, 0.1) is 0 Å². The second-order valence-corrected chi connectivity index (χ2v) is 9.39. The Bertz CT molecular complexity index is 1100. The molecule has 2 aliphatic heterocycles. The van der Waals surface area contributed by atoms with Crippen LogP contribution in [0.15, 0.2) is 47.0 Å². The van der Waals surface area contributed by atoms with Crippen LogP contribution in [-0.2, 0) is 16.6 Å². The monoisotopic (exact) mass is 418 g/mol. The highest BCUT2D eigenvalue weighted by Gasteiger charge is 2.29. The van der Waals surface area contributed by atoms with Gasteiger partial charge in [0.25, 0.3) is 0 Å². The normalized spacial score (nSPS) is 19.2. The molecule has 3 aromatic rings. The first-order chi connectivity index (χ1) is 15.0. The SMILES string of the molecule is CC1(C)CCC(=O)Nc2ccc(CCN3CCN(c4noc5ccccc45)CC3)cc21. The molecule has 1 amide bonds. The maximum absolute atomic E-state index is 12.0. The predicted octanol–water partition coefficient (Wildman–Crippen LogP) is 4.20. The summed E-state index contributed by atoms with van der Waals surface area (Å²) < 4.78 is 5.48. The average molecular weight is 419 g/mol. The highest BCUT2D eigenvalue weighted by atomic mass is 16.5. The van der Waals surface area contributed by atoms with Gasteiger partial charge >= 0.3 is 0 Å². The summed E-state index contributed by atoms with van der Waals surface area (Å²) in [5.41, 5.74) is 4.44. The number of piperazine rings is 1. The van der Waals surface area contributed by atoms with E-state index in [1.165, 1.54) is 11.1 Å². The van der Waals surface area contributed by atoms with Crippen LogP contribution < -0.4 is 10.2 Å². The number of anilines is 2. The van der Waals surface area contributed by atoms with E-state index in [4.69, 9.17) is 4.52 Å². The molecule has 1 N–H and O–H groups in total. The van der Waals surface area contributed by atoms with Crippen molar-refractivity contribution >= 4 is 28.4 Å². The number of aromatic nitrogens is 1. The molecule has 1 fully saturated rings. The van der Waals surface area contributed by atoms with Gasteiger partial charge in [0.15, 0.2) is 11.4 Å². The number of nitrogens with zero attached hydrogens (tertiary/aromatic N) is 3. The standard InChI is InChI=1S/C25H30N4O2/c1-25(2)11-9-23(30)26-21-8-7-18(17-20(21)25)10-12-28-13-15-29(16-14-28)24-19-5-3-4-6-22(19)31-27-24/h3-8,17H,9-16H2,1-2H3,(H,26,30). The number of carbonyl (C=O) groups excluding carboxylic acids is 1. The van der Waals surface area contributed by atoms with Crippen LogP contribution in [-0.4, -0.2) is 48.7 Å². The van der Waals surface area contributed by atoms with Crippen molar-refractivity contribution in [2.75, 3.05) is 42.9 Å². The maximum Gasteiger partial charge on any atom is 0.224 e. The molecular weight excluding hydrogens is 388 g/mol. The fourth-order valence-electron chi connectivity index (χ4n) is 4.76. The molecule has 2 aromatic carbocycles. The Morgan fingerprint density at radius 2 is 1.90 bits per heavy atom. The molecular formula is C25H30N4O2. The quantitative estimate of drug-likeness (QED) is 0.688. The molecule has 6 nitrogen and oxygen atoms in total. The molecule has 0 aliphatic carbocycles. The number of rotatable bonds is 4. The molecule has 0 unspecified atom stereocenters. The van der Waals surface area contributed by atoms with Gasteiger partial charge in [0, 0.05) is 44.8 Å². The number of amides is 1. The van der Waals surface area contributed by atoms with Gasteiger partial charge in [0.1, 0.15) is 0 Å². The van der Waals surface area contributed by atoms with Crippen molar-refractivity contribution in [1.82, 2.24) is 10.1 Å². The first kappa shape index (κ1) is 20.1. The second-order valence-electron chi connectivity index (χ2n) is 9.39. The van der Waals surface area contributed by atoms with Crippen LogP contribution in [0.25, 0.3) is 11.0 Å². The third-order valence-electron chi connectivity index (χ3n) is 6.81. The number of hydrogen-bond donors (Lipinski definition) is 1. The average Bonchev–Trinajstić information content (AvgIpc) is 3.17. The van der Waals surface area contributed by atoms with Gasteiger partial charge in [-0.05, 0) is 47.6 Å². The molecule has 6 heteroatoms. The summed E-state index contributed by atoms with van der Waals surface area (Å²) >= 11 is 0. The van der Waals surface area contributed by atoms with E-state index in [2.05, 4.69) is 58.4 Å². The predicted molar refractivity (Wildman–Crippen MR) is 124 cm³/mol. The van der Waals surface area contributed by atoms with E-state index in [1.807, 2.05) is 18.2 Å². The number of nitrogens with one attached hydrogen (secondary N) is 1. The van der Waals surface area contributed by atoms with Gasteiger partial charge in [-0.2, -0.15) is 0 Å². The molecule has 0 atom stereocenters. The zero-order chi connectivity index (χ0) is 21.4. The van der Waals surface area contributed by atoms with Gasteiger partial charge in [0.2, 0.25) is 5.91 Å². The third kappa shape index (κ3) is 4.04. The fraction of sp³-hybridized carbons (Fsp3) is 0.440. The number of hydrogen-bond acceptors (Lipinski definition) is 5. The van der Waals surface area contributed by atoms with Gasteiger partial charge < -0.3 is 14.7 Å². The lowest BCUT2D eigenvalue weighted by Gasteiger charge is -2.34. The Labute approximate surface area is 183 Å². The van der Waals surface area contributed by atoms with Crippen molar-refractivity contribution in [3.63, 3.8) is 0 Å². The molecule has 0 radical (unpaired) electrons. The van der Waals surface area contributed by atoms with E-state index in [1.54, 1.807) is 0 Å². The topological polar surface area (TPSA) is 61.6 Å². The minimum atomic E-state index is 0.0104. The molecule has 1 aromatic heterocycles. The Balaban J connectivity index is 1.21. The summed E-state index contributed by atoms with van der Waals surface area (Å²) in [6, 6.07) is 14.6. The Morgan fingerprint density at radius 1 is 1.10 bits per heavy atom. The van der Waals surface area contributed by atoms with E-state index in [9.17, 15) is 4.79 Å². The van der Waals surface area contributed by atoms with Crippen LogP contribution >= 0.6 is 0 Å². The first-order valence-electron chi connectivity index (χ1n) is 11.2. The summed E-state index contributed by atoms with van der Waals surface area (Å²) in [4.78, 5) is 16.9. The van der Waals surface area contributed by atoms with Crippen LogP contribution in [0.4, 0.5) is 11.5 Å². The molecule has 0 bridgehead atoms. The lowest BCUT2D eigenvalue weighted by atomic mass is 9.79. The molecule has 1 saturated heterocycles. The largest absolute Gasteiger partial charge is 0.354 e.